The molecule has 1 aromatic heterocycles. The van der Waals surface area contributed by atoms with Crippen molar-refractivity contribution in [3.05, 3.63) is 76.1 Å². The van der Waals surface area contributed by atoms with Gasteiger partial charge in [-0.05, 0) is 32.4 Å². The van der Waals surface area contributed by atoms with E-state index in [1.807, 2.05) is 42.5 Å². The Morgan fingerprint density at radius 3 is 2.77 bits per heavy atom. The van der Waals surface area contributed by atoms with Crippen molar-refractivity contribution in [1.82, 2.24) is 15.1 Å². The number of carbonyl (C=O) groups is 1. The largest absolute Gasteiger partial charge is 0.488 e. The molecule has 1 N–H and O–H groups in total. The Bertz CT molecular complexity index is 1090. The average molecular weight is 440 g/mol. The quantitative estimate of drug-likeness (QED) is 0.553. The van der Waals surface area contributed by atoms with E-state index in [0.29, 0.717) is 41.9 Å². The Morgan fingerprint density at radius 2 is 2.00 bits per heavy atom. The molecule has 0 bridgehead atoms. The molecule has 0 aliphatic carbocycles. The van der Waals surface area contributed by atoms with Crippen molar-refractivity contribution in [1.29, 1.82) is 0 Å². The van der Waals surface area contributed by atoms with Crippen molar-refractivity contribution in [3.8, 4) is 11.5 Å². The van der Waals surface area contributed by atoms with Gasteiger partial charge in [-0.15, -0.1) is 0 Å². The number of hydrogen-bond acceptors (Lipinski definition) is 4. The first-order valence-corrected chi connectivity index (χ1v) is 10.7. The van der Waals surface area contributed by atoms with E-state index in [1.165, 1.54) is 0 Å². The van der Waals surface area contributed by atoms with Crippen molar-refractivity contribution in [2.45, 2.75) is 39.3 Å². The summed E-state index contributed by atoms with van der Waals surface area (Å²) < 4.78 is 13.5. The Balaban J connectivity index is 1.35. The molecule has 0 radical (unpaired) electrons. The predicted molar refractivity (Wildman–Crippen MR) is 120 cm³/mol. The summed E-state index contributed by atoms with van der Waals surface area (Å²) in [4.78, 5) is 12.7. The molecule has 1 aliphatic rings. The number of nitrogens with one attached hydrogen (secondary N) is 1. The third-order valence-electron chi connectivity index (χ3n) is 5.17. The van der Waals surface area contributed by atoms with E-state index in [1.54, 1.807) is 11.6 Å². The van der Waals surface area contributed by atoms with E-state index in [2.05, 4.69) is 30.3 Å². The van der Waals surface area contributed by atoms with E-state index in [0.717, 1.165) is 23.3 Å². The number of benzene rings is 2. The van der Waals surface area contributed by atoms with Crippen LogP contribution in [0.15, 0.2) is 48.5 Å². The van der Waals surface area contributed by atoms with Crippen LogP contribution >= 0.6 is 11.6 Å². The lowest BCUT2D eigenvalue weighted by Crippen LogP contribution is -2.28. The maximum absolute atomic E-state index is 12.7. The second-order valence-electron chi connectivity index (χ2n) is 8.28. The molecule has 0 atom stereocenters. The van der Waals surface area contributed by atoms with Crippen molar-refractivity contribution in [2.75, 3.05) is 13.2 Å². The summed E-state index contributed by atoms with van der Waals surface area (Å²) in [5.74, 6) is 1.23. The van der Waals surface area contributed by atoms with E-state index in [4.69, 9.17) is 21.1 Å². The number of carbonyl (C=O) groups excluding carboxylic acids is 1. The van der Waals surface area contributed by atoms with Gasteiger partial charge >= 0.3 is 0 Å². The lowest BCUT2D eigenvalue weighted by Gasteiger charge is -2.18. The normalized spacial score (nSPS) is 14.1. The lowest BCUT2D eigenvalue weighted by molar-refractivity contribution is 0.0945. The van der Waals surface area contributed by atoms with Crippen LogP contribution < -0.4 is 14.8 Å². The fourth-order valence-electron chi connectivity index (χ4n) is 3.79. The van der Waals surface area contributed by atoms with Gasteiger partial charge < -0.3 is 14.8 Å². The number of aromatic nitrogens is 2. The minimum atomic E-state index is -0.263. The van der Waals surface area contributed by atoms with Crippen LogP contribution in [0, 0.1) is 6.92 Å². The molecular weight excluding hydrogens is 414 g/mol. The number of para-hydroxylation sites is 1. The summed E-state index contributed by atoms with van der Waals surface area (Å²) in [6.07, 6.45) is 0.848. The molecule has 3 aromatic rings. The fraction of sp³-hybridized carbons (Fsp3) is 0.333. The molecule has 4 rings (SSSR count). The van der Waals surface area contributed by atoms with E-state index in [-0.39, 0.29) is 11.5 Å². The van der Waals surface area contributed by atoms with Gasteiger partial charge in [0, 0.05) is 12.0 Å². The summed E-state index contributed by atoms with van der Waals surface area (Å²) in [5.41, 5.74) is 2.96. The Kier molecular flexibility index (Phi) is 5.92. The molecule has 2 aromatic carbocycles. The molecule has 162 valence electrons. The molecule has 31 heavy (non-hydrogen) atoms. The van der Waals surface area contributed by atoms with Crippen LogP contribution in [-0.4, -0.2) is 34.4 Å². The highest BCUT2D eigenvalue weighted by molar-refractivity contribution is 6.33. The fourth-order valence-corrected chi connectivity index (χ4v) is 4.11. The lowest BCUT2D eigenvalue weighted by atomic mass is 10.0. The highest BCUT2D eigenvalue weighted by Gasteiger charge is 2.32. The second kappa shape index (κ2) is 8.63. The van der Waals surface area contributed by atoms with Gasteiger partial charge in [0.15, 0.2) is 11.5 Å². The zero-order valence-corrected chi connectivity index (χ0v) is 18.7. The van der Waals surface area contributed by atoms with E-state index in [9.17, 15) is 4.79 Å². The van der Waals surface area contributed by atoms with Gasteiger partial charge in [0.05, 0.1) is 24.3 Å². The topological polar surface area (TPSA) is 65.4 Å². The van der Waals surface area contributed by atoms with Crippen LogP contribution in [0.2, 0.25) is 5.15 Å². The van der Waals surface area contributed by atoms with Gasteiger partial charge in [-0.1, -0.05) is 54.1 Å². The molecule has 2 heterocycles. The molecular formula is C24H26ClN3O3. The van der Waals surface area contributed by atoms with Gasteiger partial charge in [0.2, 0.25) is 0 Å². The van der Waals surface area contributed by atoms with Crippen molar-refractivity contribution in [2.24, 2.45) is 0 Å². The molecule has 0 unspecified atom stereocenters. The van der Waals surface area contributed by atoms with Gasteiger partial charge in [-0.25, -0.2) is 4.68 Å². The molecule has 1 aliphatic heterocycles. The summed E-state index contributed by atoms with van der Waals surface area (Å²) in [5, 5.41) is 7.63. The number of rotatable bonds is 7. The smallest absolute Gasteiger partial charge is 0.256 e. The third kappa shape index (κ3) is 4.69. The van der Waals surface area contributed by atoms with Gasteiger partial charge in [-0.3, -0.25) is 4.79 Å². The highest BCUT2D eigenvalue weighted by atomic mass is 35.5. The van der Waals surface area contributed by atoms with Crippen LogP contribution in [0.25, 0.3) is 0 Å². The second-order valence-corrected chi connectivity index (χ2v) is 8.64. The zero-order valence-electron chi connectivity index (χ0n) is 17.9. The Morgan fingerprint density at radius 1 is 1.23 bits per heavy atom. The third-order valence-corrected chi connectivity index (χ3v) is 5.55. The van der Waals surface area contributed by atoms with Crippen LogP contribution in [0.3, 0.4) is 0 Å². The van der Waals surface area contributed by atoms with Gasteiger partial charge in [0.25, 0.3) is 5.91 Å². The number of nitrogens with zero attached hydrogens (tertiary/aromatic N) is 2. The number of halogens is 1. The average Bonchev–Trinajstić information content (AvgIpc) is 3.20. The summed E-state index contributed by atoms with van der Waals surface area (Å²) in [7, 11) is 0. The first-order chi connectivity index (χ1) is 14.8. The summed E-state index contributed by atoms with van der Waals surface area (Å²) in [6, 6.07) is 15.8. The van der Waals surface area contributed by atoms with Crippen molar-refractivity contribution in [3.63, 3.8) is 0 Å². The molecule has 0 saturated carbocycles. The predicted octanol–water partition coefficient (Wildman–Crippen LogP) is 4.42. The standard InChI is InChI=1S/C24H26ClN3O3/c1-16-20(22(25)28(27-16)15-17-8-5-4-6-9-17)23(29)26-12-13-30-19-11-7-10-18-14-24(2,3)31-21(18)19/h4-11H,12-15H2,1-3H3,(H,26,29). The zero-order chi connectivity index (χ0) is 22.0. The molecule has 7 heteroatoms. The molecule has 0 spiro atoms. The minimum Gasteiger partial charge on any atom is -0.488 e. The maximum atomic E-state index is 12.7. The molecule has 6 nitrogen and oxygen atoms in total. The van der Waals surface area contributed by atoms with Gasteiger partial charge in [0.1, 0.15) is 17.4 Å². The summed E-state index contributed by atoms with van der Waals surface area (Å²) in [6.45, 7) is 7.06. The highest BCUT2D eigenvalue weighted by Crippen LogP contribution is 2.41. The first kappa shape index (κ1) is 21.2. The van der Waals surface area contributed by atoms with E-state index < -0.39 is 0 Å². The number of amides is 1. The molecule has 1 amide bonds. The Hall–Kier alpha value is -2.99. The van der Waals surface area contributed by atoms with Crippen LogP contribution in [0.5, 0.6) is 11.5 Å². The maximum Gasteiger partial charge on any atom is 0.256 e. The van der Waals surface area contributed by atoms with E-state index >= 15 is 0 Å². The molecule has 0 fully saturated rings. The SMILES string of the molecule is Cc1nn(Cc2ccccc2)c(Cl)c1C(=O)NCCOc1cccc2c1OC(C)(C)C2. The van der Waals surface area contributed by atoms with Crippen LogP contribution in [0.4, 0.5) is 0 Å². The number of aryl methyl sites for hydroxylation is 1. The number of hydrogen-bond donors (Lipinski definition) is 1. The van der Waals surface area contributed by atoms with Crippen LogP contribution in [-0.2, 0) is 13.0 Å². The van der Waals surface area contributed by atoms with Crippen molar-refractivity contribution >= 4 is 17.5 Å². The molecule has 0 saturated heterocycles. The number of ether oxygens (including phenoxy) is 2. The Labute approximate surface area is 187 Å². The minimum absolute atomic E-state index is 0.232. The first-order valence-electron chi connectivity index (χ1n) is 10.3. The summed E-state index contributed by atoms with van der Waals surface area (Å²) >= 11 is 6.47. The monoisotopic (exact) mass is 439 g/mol. The van der Waals surface area contributed by atoms with Crippen LogP contribution in [0.1, 0.15) is 41.0 Å². The number of fused-ring (bicyclic) bond motifs is 1. The van der Waals surface area contributed by atoms with Gasteiger partial charge in [-0.2, -0.15) is 5.10 Å². The van der Waals surface area contributed by atoms with Crippen molar-refractivity contribution < 1.29 is 14.3 Å².